The Kier molecular flexibility index (Phi) is 5.60. The smallest absolute Gasteiger partial charge is 0.279 e. The standard InChI is InChI=1S/C15H12N2.CHF3O3S/c1-2-6-12(7-3-1)10-11-15-13-8-4-5-9-14(13)16-17-15;2-1(3,4)8(5,6)7/h1-11H,(H,16,17);(H,5,6,7). The first kappa shape index (κ1) is 18.7. The number of halogens is 3. The Morgan fingerprint density at radius 3 is 2.12 bits per heavy atom. The van der Waals surface area contributed by atoms with Gasteiger partial charge in [0.15, 0.2) is 0 Å². The van der Waals surface area contributed by atoms with Crippen LogP contribution >= 0.6 is 0 Å². The number of aromatic amines is 1. The van der Waals surface area contributed by atoms with Gasteiger partial charge in [0.1, 0.15) is 0 Å². The van der Waals surface area contributed by atoms with Crippen LogP contribution in [0.4, 0.5) is 13.2 Å². The second-order valence-electron chi connectivity index (χ2n) is 4.82. The van der Waals surface area contributed by atoms with E-state index in [1.807, 2.05) is 42.5 Å². The summed E-state index contributed by atoms with van der Waals surface area (Å²) < 4.78 is 57.5. The van der Waals surface area contributed by atoms with Gasteiger partial charge in [-0.1, -0.05) is 54.6 Å². The SMILES string of the molecule is C(=Cc1n[nH]c2ccccc12)c1ccccc1.O=S(=O)(O)C(F)(F)F. The lowest BCUT2D eigenvalue weighted by atomic mass is 10.1. The van der Waals surface area contributed by atoms with E-state index in [0.717, 1.165) is 16.6 Å². The summed E-state index contributed by atoms with van der Waals surface area (Å²) in [5, 5.41) is 8.47. The van der Waals surface area contributed by atoms with Crippen molar-refractivity contribution in [1.29, 1.82) is 0 Å². The molecule has 0 bridgehead atoms. The van der Waals surface area contributed by atoms with Crippen LogP contribution in [-0.4, -0.2) is 28.7 Å². The molecule has 1 heterocycles. The van der Waals surface area contributed by atoms with E-state index >= 15 is 0 Å². The predicted octanol–water partition coefficient (Wildman–Crippen LogP) is 4.13. The maximum Gasteiger partial charge on any atom is 0.522 e. The number of hydrogen-bond donors (Lipinski definition) is 2. The molecule has 0 saturated heterocycles. The van der Waals surface area contributed by atoms with Crippen LogP contribution in [0.3, 0.4) is 0 Å². The van der Waals surface area contributed by atoms with Gasteiger partial charge >= 0.3 is 15.6 Å². The van der Waals surface area contributed by atoms with E-state index in [1.54, 1.807) is 0 Å². The van der Waals surface area contributed by atoms with Crippen molar-refractivity contribution in [2.24, 2.45) is 0 Å². The van der Waals surface area contributed by atoms with E-state index in [0.29, 0.717) is 0 Å². The molecule has 3 rings (SSSR count). The van der Waals surface area contributed by atoms with Crippen LogP contribution in [0.5, 0.6) is 0 Å². The number of alkyl halides is 3. The molecule has 0 spiro atoms. The minimum Gasteiger partial charge on any atom is -0.279 e. The average Bonchev–Trinajstić information content (AvgIpc) is 2.96. The van der Waals surface area contributed by atoms with E-state index in [1.165, 1.54) is 5.56 Å². The Hall–Kier alpha value is -2.65. The first-order valence-electron chi connectivity index (χ1n) is 6.88. The van der Waals surface area contributed by atoms with Gasteiger partial charge in [0.2, 0.25) is 0 Å². The molecule has 2 aromatic carbocycles. The fraction of sp³-hybridized carbons (Fsp3) is 0.0625. The third kappa shape index (κ3) is 5.16. The normalized spacial score (nSPS) is 12.2. The lowest BCUT2D eigenvalue weighted by Gasteiger charge is -1.97. The van der Waals surface area contributed by atoms with Gasteiger partial charge in [-0.2, -0.15) is 26.7 Å². The first-order valence-corrected chi connectivity index (χ1v) is 8.32. The summed E-state index contributed by atoms with van der Waals surface area (Å²) in [6.07, 6.45) is 4.11. The molecule has 5 nitrogen and oxygen atoms in total. The third-order valence-corrected chi connectivity index (χ3v) is 3.61. The van der Waals surface area contributed by atoms with E-state index in [4.69, 9.17) is 13.0 Å². The molecule has 0 amide bonds. The Balaban J connectivity index is 0.000000242. The number of fused-ring (bicyclic) bond motifs is 1. The summed E-state index contributed by atoms with van der Waals surface area (Å²) in [5.41, 5.74) is -2.31. The minimum atomic E-state index is -5.84. The Labute approximate surface area is 141 Å². The van der Waals surface area contributed by atoms with Gasteiger partial charge in [0.25, 0.3) is 0 Å². The second-order valence-corrected chi connectivity index (χ2v) is 6.23. The zero-order valence-electron chi connectivity index (χ0n) is 12.6. The molecule has 0 unspecified atom stereocenters. The molecule has 0 aliphatic heterocycles. The van der Waals surface area contributed by atoms with Crippen molar-refractivity contribution in [3.63, 3.8) is 0 Å². The summed E-state index contributed by atoms with van der Waals surface area (Å²) in [6.45, 7) is 0. The van der Waals surface area contributed by atoms with Crippen molar-refractivity contribution in [2.45, 2.75) is 5.51 Å². The molecule has 25 heavy (non-hydrogen) atoms. The highest BCUT2D eigenvalue weighted by Crippen LogP contribution is 2.20. The number of H-pyrrole nitrogens is 1. The molecule has 0 aliphatic carbocycles. The zero-order valence-corrected chi connectivity index (χ0v) is 13.4. The van der Waals surface area contributed by atoms with Crippen LogP contribution < -0.4 is 0 Å². The van der Waals surface area contributed by atoms with Crippen molar-refractivity contribution >= 4 is 33.2 Å². The Morgan fingerprint density at radius 1 is 0.960 bits per heavy atom. The van der Waals surface area contributed by atoms with Crippen LogP contribution in [0.25, 0.3) is 23.1 Å². The molecule has 1 aromatic heterocycles. The lowest BCUT2D eigenvalue weighted by Crippen LogP contribution is -2.21. The number of benzene rings is 2. The summed E-state index contributed by atoms with van der Waals surface area (Å²) >= 11 is 0. The highest BCUT2D eigenvalue weighted by atomic mass is 32.2. The molecule has 2 N–H and O–H groups in total. The number of nitrogens with one attached hydrogen (secondary N) is 1. The number of para-hydroxylation sites is 1. The second kappa shape index (κ2) is 7.49. The number of hydrogen-bond acceptors (Lipinski definition) is 3. The predicted molar refractivity (Wildman–Crippen MR) is 89.1 cm³/mol. The quantitative estimate of drug-likeness (QED) is 0.525. The van der Waals surface area contributed by atoms with E-state index in [-0.39, 0.29) is 0 Å². The fourth-order valence-corrected chi connectivity index (χ4v) is 1.85. The molecular weight excluding hydrogens is 357 g/mol. The van der Waals surface area contributed by atoms with Crippen molar-refractivity contribution < 1.29 is 26.1 Å². The van der Waals surface area contributed by atoms with E-state index < -0.39 is 15.6 Å². The molecular formula is C16H13F3N2O3S. The van der Waals surface area contributed by atoms with Gasteiger partial charge in [0, 0.05) is 5.39 Å². The molecule has 0 radical (unpaired) electrons. The molecule has 132 valence electrons. The van der Waals surface area contributed by atoms with E-state index in [2.05, 4.69) is 34.5 Å². The first-order chi connectivity index (χ1) is 11.7. The van der Waals surface area contributed by atoms with Crippen LogP contribution in [-0.2, 0) is 10.1 Å². The largest absolute Gasteiger partial charge is 0.522 e. The van der Waals surface area contributed by atoms with Gasteiger partial charge in [-0.3, -0.25) is 9.65 Å². The van der Waals surface area contributed by atoms with Crippen LogP contribution in [0.15, 0.2) is 54.6 Å². The van der Waals surface area contributed by atoms with Crippen LogP contribution in [0, 0.1) is 0 Å². The number of rotatable bonds is 2. The van der Waals surface area contributed by atoms with Crippen LogP contribution in [0.2, 0.25) is 0 Å². The van der Waals surface area contributed by atoms with Crippen molar-refractivity contribution in [3.8, 4) is 0 Å². The monoisotopic (exact) mass is 370 g/mol. The number of aromatic nitrogens is 2. The van der Waals surface area contributed by atoms with Gasteiger partial charge in [-0.25, -0.2) is 0 Å². The summed E-state index contributed by atoms with van der Waals surface area (Å²) in [4.78, 5) is 0. The average molecular weight is 370 g/mol. The van der Waals surface area contributed by atoms with Crippen molar-refractivity contribution in [2.75, 3.05) is 0 Å². The van der Waals surface area contributed by atoms with Crippen molar-refractivity contribution in [1.82, 2.24) is 10.2 Å². The van der Waals surface area contributed by atoms with Gasteiger partial charge in [0.05, 0.1) is 11.2 Å². The zero-order chi connectivity index (χ0) is 18.5. The highest BCUT2D eigenvalue weighted by molar-refractivity contribution is 7.86. The highest BCUT2D eigenvalue weighted by Gasteiger charge is 2.44. The maximum absolute atomic E-state index is 10.7. The van der Waals surface area contributed by atoms with Crippen molar-refractivity contribution in [3.05, 3.63) is 65.9 Å². The number of nitrogens with zero attached hydrogens (tertiary/aromatic N) is 1. The maximum atomic E-state index is 10.7. The van der Waals surface area contributed by atoms with Gasteiger partial charge < -0.3 is 0 Å². The Morgan fingerprint density at radius 2 is 1.52 bits per heavy atom. The minimum absolute atomic E-state index is 0.976. The topological polar surface area (TPSA) is 83.0 Å². The van der Waals surface area contributed by atoms with E-state index in [9.17, 15) is 13.2 Å². The molecule has 0 saturated carbocycles. The van der Waals surface area contributed by atoms with Gasteiger partial charge in [-0.15, -0.1) is 0 Å². The molecule has 0 fully saturated rings. The summed E-state index contributed by atoms with van der Waals surface area (Å²) in [7, 11) is -5.84. The lowest BCUT2D eigenvalue weighted by molar-refractivity contribution is -0.0510. The third-order valence-electron chi connectivity index (χ3n) is 3.03. The molecule has 0 atom stereocenters. The summed E-state index contributed by atoms with van der Waals surface area (Å²) in [6, 6.07) is 18.4. The summed E-state index contributed by atoms with van der Waals surface area (Å²) in [5.74, 6) is 0. The fourth-order valence-electron chi connectivity index (χ4n) is 1.85. The van der Waals surface area contributed by atoms with Crippen LogP contribution in [0.1, 0.15) is 11.3 Å². The molecule has 9 heteroatoms. The van der Waals surface area contributed by atoms with Gasteiger partial charge in [-0.05, 0) is 17.7 Å². The molecule has 0 aliphatic rings. The Bertz CT molecular complexity index is 965. The molecule has 3 aromatic rings.